The molecular weight excluding hydrogens is 190 g/mol. The molecule has 0 radical (unpaired) electrons. The molecular formula is C9H16BF3N-. The summed E-state index contributed by atoms with van der Waals surface area (Å²) in [6.07, 6.45) is 3.17. The summed E-state index contributed by atoms with van der Waals surface area (Å²) < 4.78 is 36.1. The molecule has 1 heterocycles. The summed E-state index contributed by atoms with van der Waals surface area (Å²) in [6, 6.07) is 0. The monoisotopic (exact) mass is 206 g/mol. The van der Waals surface area contributed by atoms with Crippen LogP contribution in [0.2, 0.25) is 6.32 Å². The lowest BCUT2D eigenvalue weighted by Gasteiger charge is -2.21. The van der Waals surface area contributed by atoms with E-state index < -0.39 is 13.3 Å². The summed E-state index contributed by atoms with van der Waals surface area (Å²) in [6.45, 7) is -2.52. The standard InChI is InChI=1S/C9H16BF3N/c11-10(12,13)4-5-14-6-8-2-1-3-9(8)7-14/h8-9H,1-7H2/q-1. The fourth-order valence-corrected chi connectivity index (χ4v) is 2.84. The maximum atomic E-state index is 12.0. The van der Waals surface area contributed by atoms with Crippen molar-refractivity contribution < 1.29 is 12.9 Å². The summed E-state index contributed by atoms with van der Waals surface area (Å²) in [5.41, 5.74) is 0. The van der Waals surface area contributed by atoms with Gasteiger partial charge in [-0.25, -0.2) is 0 Å². The summed E-state index contributed by atoms with van der Waals surface area (Å²) in [4.78, 5) is 2.00. The second-order valence-corrected chi connectivity index (χ2v) is 4.71. The number of hydrogen-bond acceptors (Lipinski definition) is 1. The van der Waals surface area contributed by atoms with Gasteiger partial charge in [0.2, 0.25) is 0 Å². The molecule has 0 spiro atoms. The van der Waals surface area contributed by atoms with Crippen LogP contribution in [0.25, 0.3) is 0 Å². The van der Waals surface area contributed by atoms with E-state index in [1.54, 1.807) is 0 Å². The van der Waals surface area contributed by atoms with Gasteiger partial charge in [-0.05, 0) is 31.2 Å². The molecule has 1 aliphatic heterocycles. The van der Waals surface area contributed by atoms with Gasteiger partial charge in [0, 0.05) is 13.1 Å². The molecule has 1 aliphatic carbocycles. The van der Waals surface area contributed by atoms with Crippen LogP contribution in [0, 0.1) is 11.8 Å². The van der Waals surface area contributed by atoms with Gasteiger partial charge in [-0.3, -0.25) is 0 Å². The van der Waals surface area contributed by atoms with Crippen LogP contribution < -0.4 is 0 Å². The third-order valence-corrected chi connectivity index (χ3v) is 3.57. The van der Waals surface area contributed by atoms with Gasteiger partial charge in [-0.1, -0.05) is 12.7 Å². The van der Waals surface area contributed by atoms with Crippen LogP contribution in [0.4, 0.5) is 12.9 Å². The summed E-state index contributed by atoms with van der Waals surface area (Å²) in [5, 5.41) is 0. The Kier molecular flexibility index (Phi) is 2.78. The zero-order chi connectivity index (χ0) is 10.2. The topological polar surface area (TPSA) is 3.24 Å². The van der Waals surface area contributed by atoms with Crippen molar-refractivity contribution in [3.63, 3.8) is 0 Å². The lowest BCUT2D eigenvalue weighted by Crippen LogP contribution is -2.28. The molecule has 1 saturated carbocycles. The second kappa shape index (κ2) is 3.76. The smallest absolute Gasteiger partial charge is 0.449 e. The molecule has 0 N–H and O–H groups in total. The Morgan fingerprint density at radius 2 is 1.64 bits per heavy atom. The first-order valence-corrected chi connectivity index (χ1v) is 5.48. The van der Waals surface area contributed by atoms with Crippen LogP contribution in [0.5, 0.6) is 0 Å². The van der Waals surface area contributed by atoms with Crippen LogP contribution in [0.3, 0.4) is 0 Å². The zero-order valence-corrected chi connectivity index (χ0v) is 8.26. The number of nitrogens with zero attached hydrogens (tertiary/aromatic N) is 1. The molecule has 2 aliphatic rings. The molecule has 1 saturated heterocycles. The molecule has 1 nitrogen and oxygen atoms in total. The largest absolute Gasteiger partial charge is 0.479 e. The molecule has 2 atom stereocenters. The van der Waals surface area contributed by atoms with Crippen LogP contribution in [0.1, 0.15) is 19.3 Å². The molecule has 2 unspecified atom stereocenters. The Balaban J connectivity index is 1.74. The van der Waals surface area contributed by atoms with Gasteiger partial charge in [-0.15, -0.1) is 0 Å². The fourth-order valence-electron chi connectivity index (χ4n) is 2.84. The number of fused-ring (bicyclic) bond motifs is 1. The SMILES string of the molecule is F[B-](F)(F)CCN1CC2CCCC2C1. The molecule has 0 bridgehead atoms. The Bertz CT molecular complexity index is 195. The summed E-state index contributed by atoms with van der Waals surface area (Å²) in [5.74, 6) is 1.41. The van der Waals surface area contributed by atoms with Gasteiger partial charge in [0.1, 0.15) is 0 Å². The van der Waals surface area contributed by atoms with E-state index in [0.29, 0.717) is 11.8 Å². The van der Waals surface area contributed by atoms with E-state index in [-0.39, 0.29) is 6.54 Å². The van der Waals surface area contributed by atoms with Gasteiger partial charge in [0.25, 0.3) is 0 Å². The van der Waals surface area contributed by atoms with Gasteiger partial charge in [0.05, 0.1) is 0 Å². The molecule has 0 aromatic heterocycles. The van der Waals surface area contributed by atoms with Gasteiger partial charge in [-0.2, -0.15) is 0 Å². The van der Waals surface area contributed by atoms with Gasteiger partial charge >= 0.3 is 6.98 Å². The lowest BCUT2D eigenvalue weighted by molar-refractivity contribution is 0.314. The predicted molar refractivity (Wildman–Crippen MR) is 51.2 cm³/mol. The van der Waals surface area contributed by atoms with Crippen molar-refractivity contribution in [2.75, 3.05) is 19.6 Å². The minimum Gasteiger partial charge on any atom is -0.449 e. The fraction of sp³-hybridized carbons (Fsp3) is 1.00. The van der Waals surface area contributed by atoms with Crippen molar-refractivity contribution in [1.82, 2.24) is 4.90 Å². The molecule has 2 fully saturated rings. The summed E-state index contributed by atoms with van der Waals surface area (Å²) in [7, 11) is 0. The van der Waals surface area contributed by atoms with Crippen molar-refractivity contribution in [3.8, 4) is 0 Å². The molecule has 5 heteroatoms. The summed E-state index contributed by atoms with van der Waals surface area (Å²) >= 11 is 0. The molecule has 0 aromatic rings. The van der Waals surface area contributed by atoms with Crippen LogP contribution in [-0.2, 0) is 0 Å². The highest BCUT2D eigenvalue weighted by atomic mass is 19.4. The van der Waals surface area contributed by atoms with Crippen LogP contribution >= 0.6 is 0 Å². The number of rotatable bonds is 3. The minimum absolute atomic E-state index is 0.233. The average Bonchev–Trinajstić information content (AvgIpc) is 2.56. The molecule has 14 heavy (non-hydrogen) atoms. The Morgan fingerprint density at radius 3 is 2.14 bits per heavy atom. The van der Waals surface area contributed by atoms with Crippen LogP contribution in [0.15, 0.2) is 0 Å². The quantitative estimate of drug-likeness (QED) is 0.641. The minimum atomic E-state index is -4.58. The third kappa shape index (κ3) is 2.44. The maximum Gasteiger partial charge on any atom is 0.479 e. The molecule has 0 amide bonds. The molecule has 2 rings (SSSR count). The van der Waals surface area contributed by atoms with Crippen molar-refractivity contribution in [3.05, 3.63) is 0 Å². The lowest BCUT2D eigenvalue weighted by atomic mass is 9.86. The van der Waals surface area contributed by atoms with Crippen molar-refractivity contribution in [1.29, 1.82) is 0 Å². The first-order valence-electron chi connectivity index (χ1n) is 5.48. The number of halogens is 3. The Labute approximate surface area is 82.7 Å². The van der Waals surface area contributed by atoms with Crippen molar-refractivity contribution in [2.24, 2.45) is 11.8 Å². The highest BCUT2D eigenvalue weighted by Gasteiger charge is 2.36. The van der Waals surface area contributed by atoms with E-state index in [2.05, 4.69) is 0 Å². The van der Waals surface area contributed by atoms with E-state index in [1.807, 2.05) is 4.90 Å². The second-order valence-electron chi connectivity index (χ2n) is 4.71. The highest BCUT2D eigenvalue weighted by Crippen LogP contribution is 2.37. The zero-order valence-electron chi connectivity index (χ0n) is 8.26. The normalized spacial score (nSPS) is 33.6. The van der Waals surface area contributed by atoms with E-state index in [4.69, 9.17) is 0 Å². The van der Waals surface area contributed by atoms with E-state index in [0.717, 1.165) is 13.1 Å². The van der Waals surface area contributed by atoms with Crippen LogP contribution in [-0.4, -0.2) is 31.5 Å². The molecule has 0 aromatic carbocycles. The van der Waals surface area contributed by atoms with E-state index in [1.165, 1.54) is 19.3 Å². The highest BCUT2D eigenvalue weighted by molar-refractivity contribution is 6.58. The molecule has 82 valence electrons. The Morgan fingerprint density at radius 1 is 1.07 bits per heavy atom. The number of hydrogen-bond donors (Lipinski definition) is 0. The van der Waals surface area contributed by atoms with E-state index in [9.17, 15) is 12.9 Å². The first-order chi connectivity index (χ1) is 6.54. The van der Waals surface area contributed by atoms with Gasteiger partial charge in [0.15, 0.2) is 0 Å². The van der Waals surface area contributed by atoms with E-state index >= 15 is 0 Å². The number of likely N-dealkylation sites (tertiary alicyclic amines) is 1. The predicted octanol–water partition coefficient (Wildman–Crippen LogP) is 2.57. The Hall–Kier alpha value is -0.185. The van der Waals surface area contributed by atoms with Crippen molar-refractivity contribution >= 4 is 6.98 Å². The maximum absolute atomic E-state index is 12.0. The average molecular weight is 206 g/mol. The van der Waals surface area contributed by atoms with Crippen molar-refractivity contribution in [2.45, 2.75) is 25.6 Å². The third-order valence-electron chi connectivity index (χ3n) is 3.57. The first kappa shape index (κ1) is 10.3. The van der Waals surface area contributed by atoms with Gasteiger partial charge < -0.3 is 17.8 Å².